The molecule has 294 valence electrons. The second-order valence-electron chi connectivity index (χ2n) is 14.9. The van der Waals surface area contributed by atoms with Crippen LogP contribution in [0.3, 0.4) is 0 Å². The molecule has 3 N–H and O–H groups in total. The summed E-state index contributed by atoms with van der Waals surface area (Å²) >= 11 is 5.93. The molecule has 0 spiro atoms. The van der Waals surface area contributed by atoms with Gasteiger partial charge in [-0.05, 0) is 80.8 Å². The van der Waals surface area contributed by atoms with Gasteiger partial charge >= 0.3 is 12.2 Å². The number of alkyl carbamates (subject to hydrolysis) is 1. The first-order valence-electron chi connectivity index (χ1n) is 18.6. The van der Waals surface area contributed by atoms with E-state index in [1.54, 1.807) is 18.2 Å². The molecule has 3 fully saturated rings. The van der Waals surface area contributed by atoms with Crippen LogP contribution in [0.5, 0.6) is 0 Å². The number of carbonyl (C=O) groups excluding carboxylic acids is 5. The Morgan fingerprint density at radius 3 is 2.45 bits per heavy atom. The number of hydrogen-bond donors (Lipinski definition) is 3. The zero-order chi connectivity index (χ0) is 38.9. The number of allylic oxidation sites excluding steroid dienone is 1. The number of sulfonamides is 1. The minimum atomic E-state index is -4.36. The van der Waals surface area contributed by atoms with Crippen LogP contribution in [0.1, 0.15) is 75.3 Å². The van der Waals surface area contributed by atoms with Crippen molar-refractivity contribution in [2.45, 2.75) is 112 Å². The van der Waals surface area contributed by atoms with Gasteiger partial charge in [0.05, 0.1) is 18.0 Å². The Morgan fingerprint density at radius 2 is 1.73 bits per heavy atom. The number of fused-ring (bicyclic) bond motifs is 3. The van der Waals surface area contributed by atoms with Crippen LogP contribution in [0.25, 0.3) is 0 Å². The number of nitrogens with one attached hydrogen (secondary N) is 3. The van der Waals surface area contributed by atoms with Crippen molar-refractivity contribution in [1.82, 2.24) is 25.2 Å². The Hall–Kier alpha value is -4.70. The van der Waals surface area contributed by atoms with E-state index in [2.05, 4.69) is 15.4 Å². The summed E-state index contributed by atoms with van der Waals surface area (Å²) in [6.45, 7) is -0.104. The number of ether oxygens (including phenoxy) is 2. The topological polar surface area (TPSA) is 181 Å². The molecule has 2 aromatic carbocycles. The second kappa shape index (κ2) is 15.8. The highest BCUT2D eigenvalue weighted by atomic mass is 35.5. The highest BCUT2D eigenvalue weighted by Gasteiger charge is 2.61. The lowest BCUT2D eigenvalue weighted by Crippen LogP contribution is -2.58. The van der Waals surface area contributed by atoms with Gasteiger partial charge in [-0.25, -0.2) is 27.1 Å². The standard InChI is InChI=1S/C38H43ClFN5O9S/c39-25-14-16-28(17-15-25)55(51,52)43-35(48)38-19-24(38)9-4-2-1-3-5-13-31(41-36(49)53-26-10-7-11-26)34(47)45-21-27(18-32(45)33(46)42-38)54-37(50)44-20-23-8-6-12-30(40)29(23)22-44/h4,6,8-9,12,14-17,24,26-27,31-32H,1-3,5,7,10-11,13,18-22H2,(H,41,49)(H,42,46)(H,43,48)/b9-4-/t24-,27-,31+,32+,38-/m1/s1. The van der Waals surface area contributed by atoms with Crippen molar-refractivity contribution in [1.29, 1.82) is 0 Å². The molecule has 14 nitrogen and oxygen atoms in total. The molecule has 2 aliphatic carbocycles. The van der Waals surface area contributed by atoms with Crippen molar-refractivity contribution in [2.75, 3.05) is 6.54 Å². The van der Waals surface area contributed by atoms with Crippen LogP contribution in [-0.4, -0.2) is 84.5 Å². The summed E-state index contributed by atoms with van der Waals surface area (Å²) in [5.74, 6) is -3.29. The molecule has 55 heavy (non-hydrogen) atoms. The normalized spacial score (nSPS) is 27.5. The van der Waals surface area contributed by atoms with Crippen molar-refractivity contribution in [3.63, 3.8) is 0 Å². The Labute approximate surface area is 323 Å². The number of rotatable bonds is 6. The quantitative estimate of drug-likeness (QED) is 0.356. The maximum absolute atomic E-state index is 14.5. The predicted molar refractivity (Wildman–Crippen MR) is 195 cm³/mol. The van der Waals surface area contributed by atoms with E-state index in [9.17, 15) is 36.8 Å². The predicted octanol–water partition coefficient (Wildman–Crippen LogP) is 4.45. The van der Waals surface area contributed by atoms with Crippen LogP contribution < -0.4 is 15.4 Å². The molecule has 2 saturated carbocycles. The Morgan fingerprint density at radius 1 is 0.945 bits per heavy atom. The number of benzene rings is 2. The van der Waals surface area contributed by atoms with E-state index >= 15 is 0 Å². The maximum Gasteiger partial charge on any atom is 0.410 e. The van der Waals surface area contributed by atoms with E-state index in [0.717, 1.165) is 25.7 Å². The summed E-state index contributed by atoms with van der Waals surface area (Å²) in [6, 6.07) is 7.51. The Bertz CT molecular complexity index is 2000. The van der Waals surface area contributed by atoms with Gasteiger partial charge in [0.1, 0.15) is 35.6 Å². The average molecular weight is 800 g/mol. The lowest BCUT2D eigenvalue weighted by atomic mass is 9.96. The first-order chi connectivity index (χ1) is 26.3. The molecule has 3 aliphatic heterocycles. The average Bonchev–Trinajstić information content (AvgIpc) is 3.42. The summed E-state index contributed by atoms with van der Waals surface area (Å²) in [4.78, 5) is 71.2. The number of halogens is 2. The van der Waals surface area contributed by atoms with E-state index in [4.69, 9.17) is 21.1 Å². The third-order valence-electron chi connectivity index (χ3n) is 11.1. The number of carbonyl (C=O) groups is 5. The van der Waals surface area contributed by atoms with Crippen molar-refractivity contribution >= 4 is 51.5 Å². The molecule has 5 atom stereocenters. The molecular weight excluding hydrogens is 757 g/mol. The minimum Gasteiger partial charge on any atom is -0.446 e. The van der Waals surface area contributed by atoms with Gasteiger partial charge in [-0.2, -0.15) is 0 Å². The molecule has 0 radical (unpaired) electrons. The highest BCUT2D eigenvalue weighted by Crippen LogP contribution is 2.46. The number of nitrogens with zero attached hydrogens (tertiary/aromatic N) is 2. The van der Waals surface area contributed by atoms with Crippen molar-refractivity contribution in [3.8, 4) is 0 Å². The Balaban J connectivity index is 1.13. The van der Waals surface area contributed by atoms with Gasteiger partial charge in [-0.1, -0.05) is 48.7 Å². The summed E-state index contributed by atoms with van der Waals surface area (Å²) in [5, 5.41) is 5.77. The van der Waals surface area contributed by atoms with Crippen LogP contribution in [0, 0.1) is 11.7 Å². The fourth-order valence-corrected chi connectivity index (χ4v) is 8.76. The van der Waals surface area contributed by atoms with Crippen molar-refractivity contribution in [3.05, 3.63) is 76.6 Å². The molecule has 1 saturated heterocycles. The zero-order valence-corrected chi connectivity index (χ0v) is 31.6. The fraction of sp³-hybridized carbons (Fsp3) is 0.500. The van der Waals surface area contributed by atoms with Crippen LogP contribution in [0.4, 0.5) is 14.0 Å². The minimum absolute atomic E-state index is 0.0132. The van der Waals surface area contributed by atoms with Crippen LogP contribution in [-0.2, 0) is 47.0 Å². The van der Waals surface area contributed by atoms with Crippen LogP contribution in [0.15, 0.2) is 59.5 Å². The molecule has 7 rings (SSSR count). The second-order valence-corrected chi connectivity index (χ2v) is 17.0. The van der Waals surface area contributed by atoms with E-state index in [1.165, 1.54) is 40.1 Å². The molecular formula is C38H43ClFN5O9S. The molecule has 3 heterocycles. The summed E-state index contributed by atoms with van der Waals surface area (Å²) in [7, 11) is -4.36. The van der Waals surface area contributed by atoms with Gasteiger partial charge < -0.3 is 25.0 Å². The van der Waals surface area contributed by atoms with Crippen molar-refractivity contribution in [2.24, 2.45) is 5.92 Å². The lowest BCUT2D eigenvalue weighted by molar-refractivity contribution is -0.141. The SMILES string of the molecule is O=C(N[C@H]1CCCCC/C=C\[C@@H]2C[C@@]2(C(=O)NS(=O)(=O)c2ccc(Cl)cc2)NC(=O)[C@@H]2C[C@@H](OC(=O)N3Cc4cccc(F)c4C3)CN2C1=O)OC1CCC1. The summed E-state index contributed by atoms with van der Waals surface area (Å²) in [6.07, 6.45) is 6.20. The molecule has 5 amide bonds. The van der Waals surface area contributed by atoms with Gasteiger partial charge in [0.2, 0.25) is 11.8 Å². The summed E-state index contributed by atoms with van der Waals surface area (Å²) in [5.41, 5.74) is -0.639. The molecule has 0 bridgehead atoms. The van der Waals surface area contributed by atoms with Gasteiger partial charge in [-0.15, -0.1) is 0 Å². The van der Waals surface area contributed by atoms with Crippen molar-refractivity contribution < 1.29 is 46.3 Å². The van der Waals surface area contributed by atoms with Gasteiger partial charge in [0.15, 0.2) is 0 Å². The van der Waals surface area contributed by atoms with Gasteiger partial charge in [0, 0.05) is 29.5 Å². The number of amides is 5. The smallest absolute Gasteiger partial charge is 0.410 e. The maximum atomic E-state index is 14.5. The monoisotopic (exact) mass is 799 g/mol. The molecule has 0 unspecified atom stereocenters. The van der Waals surface area contributed by atoms with Crippen LogP contribution >= 0.6 is 11.6 Å². The van der Waals surface area contributed by atoms with E-state index in [-0.39, 0.29) is 49.9 Å². The first kappa shape index (κ1) is 38.6. The molecule has 0 aromatic heterocycles. The van der Waals surface area contributed by atoms with E-state index in [0.29, 0.717) is 35.4 Å². The Kier molecular flexibility index (Phi) is 11.1. The van der Waals surface area contributed by atoms with E-state index in [1.807, 2.05) is 6.08 Å². The van der Waals surface area contributed by atoms with Gasteiger partial charge in [-0.3, -0.25) is 19.3 Å². The van der Waals surface area contributed by atoms with Gasteiger partial charge in [0.25, 0.3) is 15.9 Å². The summed E-state index contributed by atoms with van der Waals surface area (Å²) < 4.78 is 54.4. The fourth-order valence-electron chi connectivity index (χ4n) is 7.59. The number of hydrogen-bond acceptors (Lipinski definition) is 9. The zero-order valence-electron chi connectivity index (χ0n) is 30.0. The third-order valence-corrected chi connectivity index (χ3v) is 12.7. The lowest BCUT2D eigenvalue weighted by Gasteiger charge is -2.31. The van der Waals surface area contributed by atoms with Crippen LogP contribution in [0.2, 0.25) is 5.02 Å². The largest absolute Gasteiger partial charge is 0.446 e. The first-order valence-corrected chi connectivity index (χ1v) is 20.5. The van der Waals surface area contributed by atoms with E-state index < -0.39 is 75.4 Å². The molecule has 2 aromatic rings. The molecule has 5 aliphatic rings. The highest BCUT2D eigenvalue weighted by molar-refractivity contribution is 7.90. The molecule has 17 heteroatoms. The third kappa shape index (κ3) is 8.44.